The van der Waals surface area contributed by atoms with E-state index in [4.69, 9.17) is 4.74 Å². The molecule has 31 heavy (non-hydrogen) atoms. The van der Waals surface area contributed by atoms with Crippen molar-refractivity contribution in [1.29, 1.82) is 0 Å². The number of esters is 1. The molecule has 160 valence electrons. The van der Waals surface area contributed by atoms with Crippen LogP contribution in [0.1, 0.15) is 56.2 Å². The molecule has 0 fully saturated rings. The number of halogens is 1. The number of ketones is 1. The van der Waals surface area contributed by atoms with E-state index < -0.39 is 5.97 Å². The molecule has 2 aromatic carbocycles. The Bertz CT molecular complexity index is 1100. The quantitative estimate of drug-likeness (QED) is 0.382. The van der Waals surface area contributed by atoms with Crippen LogP contribution in [0.5, 0.6) is 0 Å². The van der Waals surface area contributed by atoms with Crippen LogP contribution in [0.15, 0.2) is 59.1 Å². The van der Waals surface area contributed by atoms with Gasteiger partial charge in [-0.1, -0.05) is 58.4 Å². The average Bonchev–Trinajstić information content (AvgIpc) is 3.08. The zero-order valence-electron chi connectivity index (χ0n) is 17.5. The molecule has 3 rings (SSSR count). The monoisotopic (exact) mass is 482 g/mol. The molecule has 0 saturated heterocycles. The third-order valence-electron chi connectivity index (χ3n) is 5.05. The molecule has 1 heterocycles. The van der Waals surface area contributed by atoms with Gasteiger partial charge in [0.05, 0.1) is 30.8 Å². The summed E-state index contributed by atoms with van der Waals surface area (Å²) in [6.07, 6.45) is -0.0988. The van der Waals surface area contributed by atoms with E-state index in [9.17, 15) is 14.4 Å². The largest absolute Gasteiger partial charge is 0.465 e. The van der Waals surface area contributed by atoms with E-state index in [2.05, 4.69) is 26.2 Å². The molecule has 1 unspecified atom stereocenters. The average molecular weight is 483 g/mol. The number of carbonyl (C=O) groups is 3. The summed E-state index contributed by atoms with van der Waals surface area (Å²) in [7, 11) is 1.27. The molecule has 1 atom stereocenters. The fourth-order valence-electron chi connectivity index (χ4n) is 3.55. The van der Waals surface area contributed by atoms with Crippen molar-refractivity contribution in [3.63, 3.8) is 0 Å². The van der Waals surface area contributed by atoms with E-state index >= 15 is 0 Å². The fraction of sp³-hybridized carbons (Fsp3) is 0.208. The van der Waals surface area contributed by atoms with Gasteiger partial charge in [0, 0.05) is 17.1 Å². The van der Waals surface area contributed by atoms with Crippen molar-refractivity contribution < 1.29 is 19.1 Å². The van der Waals surface area contributed by atoms with Gasteiger partial charge in [-0.2, -0.15) is 0 Å². The lowest BCUT2D eigenvalue weighted by atomic mass is 9.98. The fourth-order valence-corrected chi connectivity index (χ4v) is 3.82. The van der Waals surface area contributed by atoms with Crippen LogP contribution in [0.4, 0.5) is 0 Å². The number of Topliss-reactive ketones (excluding diaryl/α,β-unsaturated/α-hetero) is 1. The van der Waals surface area contributed by atoms with Gasteiger partial charge in [0.15, 0.2) is 5.78 Å². The lowest BCUT2D eigenvalue weighted by Gasteiger charge is -2.20. The molecule has 1 aromatic heterocycles. The summed E-state index contributed by atoms with van der Waals surface area (Å²) in [6.45, 7) is 3.07. The molecule has 0 aliphatic rings. The Morgan fingerprint density at radius 1 is 1.03 bits per heavy atom. The lowest BCUT2D eigenvalue weighted by molar-refractivity contribution is -0.121. The van der Waals surface area contributed by atoms with E-state index in [1.54, 1.807) is 6.92 Å². The van der Waals surface area contributed by atoms with E-state index in [1.165, 1.54) is 14.0 Å². The van der Waals surface area contributed by atoms with Crippen LogP contribution in [0.3, 0.4) is 0 Å². The van der Waals surface area contributed by atoms with E-state index in [1.807, 2.05) is 54.6 Å². The van der Waals surface area contributed by atoms with Crippen LogP contribution in [-0.2, 0) is 16.0 Å². The minimum absolute atomic E-state index is 0.0988. The van der Waals surface area contributed by atoms with Crippen LogP contribution in [-0.4, -0.2) is 29.8 Å². The second-order valence-corrected chi connectivity index (χ2v) is 8.08. The number of nitrogens with one attached hydrogen (secondary N) is 2. The molecular weight excluding hydrogens is 460 g/mol. The van der Waals surface area contributed by atoms with Crippen molar-refractivity contribution in [3.8, 4) is 0 Å². The summed E-state index contributed by atoms with van der Waals surface area (Å²) >= 11 is 3.43. The van der Waals surface area contributed by atoms with Gasteiger partial charge in [-0.3, -0.25) is 9.59 Å². The molecule has 1 amide bonds. The number of benzene rings is 2. The van der Waals surface area contributed by atoms with Crippen LogP contribution in [0.25, 0.3) is 0 Å². The highest BCUT2D eigenvalue weighted by atomic mass is 79.9. The maximum atomic E-state index is 13.0. The van der Waals surface area contributed by atoms with E-state index in [0.717, 1.165) is 15.6 Å². The SMILES string of the molecule is COC(=O)c1c(CC(=O)NC(c2ccccc2)c2ccc(Br)cc2)[nH]c(C(C)=O)c1C. The molecular formula is C24H23BrN2O4. The van der Waals surface area contributed by atoms with Gasteiger partial charge in [0.2, 0.25) is 5.91 Å². The molecule has 0 aliphatic carbocycles. The van der Waals surface area contributed by atoms with Crippen LogP contribution >= 0.6 is 15.9 Å². The molecule has 3 aromatic rings. The highest BCUT2D eigenvalue weighted by Crippen LogP contribution is 2.25. The van der Waals surface area contributed by atoms with Crippen molar-refractivity contribution in [3.05, 3.63) is 92.7 Å². The molecule has 6 nitrogen and oxygen atoms in total. The highest BCUT2D eigenvalue weighted by molar-refractivity contribution is 9.10. The zero-order chi connectivity index (χ0) is 22.5. The van der Waals surface area contributed by atoms with E-state index in [-0.39, 0.29) is 29.7 Å². The number of amides is 1. The Hall–Kier alpha value is -3.19. The molecule has 0 spiro atoms. The van der Waals surface area contributed by atoms with Crippen molar-refractivity contribution in [2.75, 3.05) is 7.11 Å². The van der Waals surface area contributed by atoms with Crippen molar-refractivity contribution in [2.45, 2.75) is 26.3 Å². The Morgan fingerprint density at radius 2 is 1.65 bits per heavy atom. The topological polar surface area (TPSA) is 88.3 Å². The zero-order valence-corrected chi connectivity index (χ0v) is 19.1. The van der Waals surface area contributed by atoms with Gasteiger partial charge in [0.25, 0.3) is 0 Å². The Labute approximate surface area is 189 Å². The van der Waals surface area contributed by atoms with Gasteiger partial charge < -0.3 is 15.0 Å². The predicted octanol–water partition coefficient (Wildman–Crippen LogP) is 4.52. The number of hydrogen-bond donors (Lipinski definition) is 2. The number of aromatic amines is 1. The minimum Gasteiger partial charge on any atom is -0.465 e. The first kappa shape index (κ1) is 22.5. The molecule has 7 heteroatoms. The minimum atomic E-state index is -0.587. The summed E-state index contributed by atoms with van der Waals surface area (Å²) in [5, 5.41) is 3.05. The first-order valence-corrected chi connectivity index (χ1v) is 10.5. The summed E-state index contributed by atoms with van der Waals surface area (Å²) in [5.41, 5.74) is 3.21. The highest BCUT2D eigenvalue weighted by Gasteiger charge is 2.25. The van der Waals surface area contributed by atoms with E-state index in [0.29, 0.717) is 17.0 Å². The summed E-state index contributed by atoms with van der Waals surface area (Å²) in [6, 6.07) is 17.0. The molecule has 0 radical (unpaired) electrons. The van der Waals surface area contributed by atoms with Gasteiger partial charge in [-0.15, -0.1) is 0 Å². The number of carbonyl (C=O) groups excluding carboxylic acids is 3. The number of ether oxygens (including phenoxy) is 1. The Kier molecular flexibility index (Phi) is 7.07. The van der Waals surface area contributed by atoms with Crippen molar-refractivity contribution in [2.24, 2.45) is 0 Å². The lowest BCUT2D eigenvalue weighted by Crippen LogP contribution is -2.31. The van der Waals surface area contributed by atoms with Crippen LogP contribution < -0.4 is 5.32 Å². The predicted molar refractivity (Wildman–Crippen MR) is 121 cm³/mol. The maximum absolute atomic E-state index is 13.0. The Morgan fingerprint density at radius 3 is 2.23 bits per heavy atom. The number of hydrogen-bond acceptors (Lipinski definition) is 4. The normalized spacial score (nSPS) is 11.6. The second kappa shape index (κ2) is 9.75. The van der Waals surface area contributed by atoms with Gasteiger partial charge in [-0.25, -0.2) is 4.79 Å². The smallest absolute Gasteiger partial charge is 0.339 e. The second-order valence-electron chi connectivity index (χ2n) is 7.17. The third kappa shape index (κ3) is 5.11. The summed E-state index contributed by atoms with van der Waals surface area (Å²) in [5.74, 6) is -1.10. The molecule has 0 saturated carbocycles. The molecule has 0 aliphatic heterocycles. The molecule has 0 bridgehead atoms. The first-order valence-electron chi connectivity index (χ1n) is 9.72. The van der Waals surface area contributed by atoms with Gasteiger partial charge in [-0.05, 0) is 35.7 Å². The number of methoxy groups -OCH3 is 1. The first-order chi connectivity index (χ1) is 14.8. The maximum Gasteiger partial charge on any atom is 0.339 e. The number of H-pyrrole nitrogens is 1. The van der Waals surface area contributed by atoms with Crippen LogP contribution in [0.2, 0.25) is 0 Å². The van der Waals surface area contributed by atoms with Crippen molar-refractivity contribution in [1.82, 2.24) is 10.3 Å². The van der Waals surface area contributed by atoms with Crippen LogP contribution in [0, 0.1) is 6.92 Å². The summed E-state index contributed by atoms with van der Waals surface area (Å²) in [4.78, 5) is 40.1. The Balaban J connectivity index is 1.91. The number of rotatable bonds is 7. The molecule has 2 N–H and O–H groups in total. The standard InChI is InChI=1S/C24H23BrN2O4/c1-14-21(24(30)31-3)19(26-22(14)15(2)28)13-20(29)27-23(16-7-5-4-6-8-16)17-9-11-18(25)12-10-17/h4-12,23,26H,13H2,1-3H3,(H,27,29). The summed E-state index contributed by atoms with van der Waals surface area (Å²) < 4.78 is 5.80. The van der Waals surface area contributed by atoms with Crippen molar-refractivity contribution >= 4 is 33.6 Å². The van der Waals surface area contributed by atoms with Gasteiger partial charge in [0.1, 0.15) is 0 Å². The van der Waals surface area contributed by atoms with Gasteiger partial charge >= 0.3 is 5.97 Å². The number of aromatic nitrogens is 1. The third-order valence-corrected chi connectivity index (χ3v) is 5.58.